The van der Waals surface area contributed by atoms with Gasteiger partial charge in [-0.3, -0.25) is 0 Å². The van der Waals surface area contributed by atoms with Gasteiger partial charge in [0.15, 0.2) is 0 Å². The Morgan fingerprint density at radius 3 is 2.27 bits per heavy atom. The van der Waals surface area contributed by atoms with Gasteiger partial charge in [0, 0.05) is 24.2 Å². The number of fused-ring (bicyclic) bond motifs is 1. The number of hydrogen-bond acceptors (Lipinski definition) is 2. The molecule has 0 bridgehead atoms. The summed E-state index contributed by atoms with van der Waals surface area (Å²) >= 11 is 0. The number of rotatable bonds is 6. The van der Waals surface area contributed by atoms with Crippen molar-refractivity contribution in [1.82, 2.24) is 4.57 Å². The minimum Gasteiger partial charge on any atom is -0.492 e. The molecular formula is C23H22N2O. The molecule has 3 heteroatoms. The van der Waals surface area contributed by atoms with E-state index in [0.29, 0.717) is 13.2 Å². The maximum Gasteiger partial charge on any atom is 0.128 e. The summed E-state index contributed by atoms with van der Waals surface area (Å²) in [4.78, 5) is 0. The Bertz CT molecular complexity index is 991. The molecule has 4 rings (SSSR count). The van der Waals surface area contributed by atoms with Crippen molar-refractivity contribution in [3.05, 3.63) is 90.5 Å². The number of aromatic nitrogens is 1. The molecular weight excluding hydrogens is 320 g/mol. The topological polar surface area (TPSA) is 40.2 Å². The van der Waals surface area contributed by atoms with Crippen molar-refractivity contribution < 1.29 is 4.74 Å². The standard InChI is InChI=1S/C23H22N2O/c24-14-15-26-23-13-7-12-21-20(23)16-22(19-10-5-2-6-11-19)25(21)17-18-8-3-1-4-9-18/h1-13,16H,14-15,17,24H2. The van der Waals surface area contributed by atoms with E-state index in [2.05, 4.69) is 65.2 Å². The summed E-state index contributed by atoms with van der Waals surface area (Å²) in [6.07, 6.45) is 0. The van der Waals surface area contributed by atoms with E-state index in [-0.39, 0.29) is 0 Å². The first-order valence-electron chi connectivity index (χ1n) is 8.91. The summed E-state index contributed by atoms with van der Waals surface area (Å²) < 4.78 is 8.24. The second-order valence-corrected chi connectivity index (χ2v) is 6.29. The maximum absolute atomic E-state index is 5.88. The highest BCUT2D eigenvalue weighted by Crippen LogP contribution is 2.34. The van der Waals surface area contributed by atoms with Crippen LogP contribution in [0.4, 0.5) is 0 Å². The average Bonchev–Trinajstić information content (AvgIpc) is 3.07. The van der Waals surface area contributed by atoms with Crippen LogP contribution in [0, 0.1) is 0 Å². The fraction of sp³-hybridized carbons (Fsp3) is 0.130. The lowest BCUT2D eigenvalue weighted by molar-refractivity contribution is 0.332. The summed E-state index contributed by atoms with van der Waals surface area (Å²) in [6.45, 7) is 1.84. The summed E-state index contributed by atoms with van der Waals surface area (Å²) in [6, 6.07) is 29.5. The molecule has 0 spiro atoms. The van der Waals surface area contributed by atoms with Crippen LogP contribution >= 0.6 is 0 Å². The van der Waals surface area contributed by atoms with Gasteiger partial charge in [0.25, 0.3) is 0 Å². The van der Waals surface area contributed by atoms with E-state index in [9.17, 15) is 0 Å². The zero-order valence-corrected chi connectivity index (χ0v) is 14.6. The Hall–Kier alpha value is -3.04. The minimum atomic E-state index is 0.507. The molecule has 4 aromatic rings. The molecule has 0 atom stereocenters. The molecule has 26 heavy (non-hydrogen) atoms. The van der Waals surface area contributed by atoms with Gasteiger partial charge in [0.1, 0.15) is 12.4 Å². The molecule has 3 aromatic carbocycles. The van der Waals surface area contributed by atoms with Crippen molar-refractivity contribution in [2.75, 3.05) is 13.2 Å². The number of ether oxygens (including phenoxy) is 1. The van der Waals surface area contributed by atoms with E-state index in [1.54, 1.807) is 0 Å². The molecule has 0 saturated carbocycles. The van der Waals surface area contributed by atoms with Crippen molar-refractivity contribution in [2.24, 2.45) is 5.73 Å². The Balaban J connectivity index is 1.88. The highest BCUT2D eigenvalue weighted by atomic mass is 16.5. The van der Waals surface area contributed by atoms with Crippen LogP contribution in [0.1, 0.15) is 5.56 Å². The van der Waals surface area contributed by atoms with Gasteiger partial charge in [-0.25, -0.2) is 0 Å². The van der Waals surface area contributed by atoms with Crippen molar-refractivity contribution in [2.45, 2.75) is 6.54 Å². The smallest absolute Gasteiger partial charge is 0.128 e. The first-order valence-corrected chi connectivity index (χ1v) is 8.91. The Morgan fingerprint density at radius 2 is 1.54 bits per heavy atom. The second-order valence-electron chi connectivity index (χ2n) is 6.29. The third kappa shape index (κ3) is 3.22. The second kappa shape index (κ2) is 7.46. The average molecular weight is 342 g/mol. The van der Waals surface area contributed by atoms with Crippen molar-refractivity contribution in [1.29, 1.82) is 0 Å². The molecule has 3 nitrogen and oxygen atoms in total. The van der Waals surface area contributed by atoms with Gasteiger partial charge in [0.05, 0.1) is 5.52 Å². The lowest BCUT2D eigenvalue weighted by atomic mass is 10.1. The lowest BCUT2D eigenvalue weighted by Crippen LogP contribution is -2.10. The summed E-state index contributed by atoms with van der Waals surface area (Å²) in [5.74, 6) is 0.886. The fourth-order valence-electron chi connectivity index (χ4n) is 3.34. The summed E-state index contributed by atoms with van der Waals surface area (Å²) in [5, 5.41) is 1.12. The van der Waals surface area contributed by atoms with Crippen molar-refractivity contribution in [3.63, 3.8) is 0 Å². The molecule has 0 fully saturated rings. The van der Waals surface area contributed by atoms with Crippen LogP contribution in [0.2, 0.25) is 0 Å². The van der Waals surface area contributed by atoms with Gasteiger partial charge in [-0.1, -0.05) is 66.7 Å². The molecule has 0 saturated heterocycles. The van der Waals surface area contributed by atoms with E-state index in [4.69, 9.17) is 10.5 Å². The molecule has 0 aliphatic heterocycles. The summed E-state index contributed by atoms with van der Waals surface area (Å²) in [7, 11) is 0. The number of hydrogen-bond donors (Lipinski definition) is 1. The van der Waals surface area contributed by atoms with Crippen molar-refractivity contribution in [3.8, 4) is 17.0 Å². The van der Waals surface area contributed by atoms with E-state index >= 15 is 0 Å². The third-order valence-corrected chi connectivity index (χ3v) is 4.53. The van der Waals surface area contributed by atoms with Crippen LogP contribution in [0.25, 0.3) is 22.2 Å². The molecule has 130 valence electrons. The molecule has 2 N–H and O–H groups in total. The fourth-order valence-corrected chi connectivity index (χ4v) is 3.34. The Kier molecular flexibility index (Phi) is 4.71. The van der Waals surface area contributed by atoms with Gasteiger partial charge in [-0.15, -0.1) is 0 Å². The highest BCUT2D eigenvalue weighted by molar-refractivity contribution is 5.92. The Morgan fingerprint density at radius 1 is 0.808 bits per heavy atom. The van der Waals surface area contributed by atoms with E-state index < -0.39 is 0 Å². The predicted molar refractivity (Wildman–Crippen MR) is 107 cm³/mol. The van der Waals surface area contributed by atoms with E-state index in [0.717, 1.165) is 17.7 Å². The third-order valence-electron chi connectivity index (χ3n) is 4.53. The first kappa shape index (κ1) is 16.4. The van der Waals surface area contributed by atoms with Crippen molar-refractivity contribution >= 4 is 10.9 Å². The normalized spacial score (nSPS) is 11.0. The summed E-state index contributed by atoms with van der Waals surface area (Å²) in [5.41, 5.74) is 10.4. The van der Waals surface area contributed by atoms with Crippen LogP contribution < -0.4 is 10.5 Å². The number of nitrogens with two attached hydrogens (primary N) is 1. The SMILES string of the molecule is NCCOc1cccc2c1cc(-c1ccccc1)n2Cc1ccccc1. The quantitative estimate of drug-likeness (QED) is 0.552. The van der Waals surface area contributed by atoms with Gasteiger partial charge < -0.3 is 15.0 Å². The molecule has 0 radical (unpaired) electrons. The molecule has 1 aromatic heterocycles. The number of benzene rings is 3. The molecule has 0 unspecified atom stereocenters. The zero-order chi connectivity index (χ0) is 17.8. The largest absolute Gasteiger partial charge is 0.492 e. The first-order chi connectivity index (χ1) is 12.9. The van der Waals surface area contributed by atoms with Crippen LogP contribution in [0.3, 0.4) is 0 Å². The van der Waals surface area contributed by atoms with Crippen LogP contribution in [-0.2, 0) is 6.54 Å². The van der Waals surface area contributed by atoms with Crippen LogP contribution in [-0.4, -0.2) is 17.7 Å². The maximum atomic E-state index is 5.88. The Labute approximate surface area is 153 Å². The van der Waals surface area contributed by atoms with Gasteiger partial charge in [0.2, 0.25) is 0 Å². The van der Waals surface area contributed by atoms with E-state index in [1.165, 1.54) is 22.3 Å². The van der Waals surface area contributed by atoms with E-state index in [1.807, 2.05) is 24.3 Å². The molecule has 1 heterocycles. The minimum absolute atomic E-state index is 0.507. The predicted octanol–water partition coefficient (Wildman–Crippen LogP) is 4.69. The molecule has 0 aliphatic rings. The number of nitrogens with zero attached hydrogens (tertiary/aromatic N) is 1. The monoisotopic (exact) mass is 342 g/mol. The zero-order valence-electron chi connectivity index (χ0n) is 14.6. The highest BCUT2D eigenvalue weighted by Gasteiger charge is 2.14. The van der Waals surface area contributed by atoms with Crippen LogP contribution in [0.15, 0.2) is 84.9 Å². The molecule has 0 aliphatic carbocycles. The van der Waals surface area contributed by atoms with Gasteiger partial charge >= 0.3 is 0 Å². The van der Waals surface area contributed by atoms with Gasteiger partial charge in [-0.2, -0.15) is 0 Å². The van der Waals surface area contributed by atoms with Gasteiger partial charge in [-0.05, 0) is 29.3 Å². The van der Waals surface area contributed by atoms with Crippen LogP contribution in [0.5, 0.6) is 5.75 Å². The lowest BCUT2D eigenvalue weighted by Gasteiger charge is -2.12. The molecule has 0 amide bonds.